The lowest BCUT2D eigenvalue weighted by Gasteiger charge is -2.25. The molecular formula is C18H29N. The molecular weight excluding hydrogens is 230 g/mol. The topological polar surface area (TPSA) is 12.0 Å². The van der Waals surface area contributed by atoms with Gasteiger partial charge in [0.25, 0.3) is 0 Å². The summed E-state index contributed by atoms with van der Waals surface area (Å²) in [6, 6.07) is 9.72. The Morgan fingerprint density at radius 3 is 2.74 bits per heavy atom. The van der Waals surface area contributed by atoms with Crippen molar-refractivity contribution in [1.82, 2.24) is 5.32 Å². The van der Waals surface area contributed by atoms with E-state index in [0.717, 1.165) is 18.4 Å². The maximum atomic E-state index is 3.74. The van der Waals surface area contributed by atoms with Crippen molar-refractivity contribution in [3.05, 3.63) is 35.4 Å². The van der Waals surface area contributed by atoms with E-state index in [2.05, 4.69) is 50.4 Å². The summed E-state index contributed by atoms with van der Waals surface area (Å²) in [5.74, 6) is 1.57. The molecule has 0 saturated carbocycles. The van der Waals surface area contributed by atoms with E-state index < -0.39 is 0 Å². The molecule has 1 aromatic carbocycles. The Morgan fingerprint density at radius 1 is 1.21 bits per heavy atom. The van der Waals surface area contributed by atoms with E-state index in [1.807, 2.05) is 0 Å². The summed E-state index contributed by atoms with van der Waals surface area (Å²) in [6.07, 6.45) is 6.64. The van der Waals surface area contributed by atoms with E-state index in [1.54, 1.807) is 11.1 Å². The minimum atomic E-state index is 0.674. The molecule has 1 N–H and O–H groups in total. The first kappa shape index (κ1) is 14.6. The van der Waals surface area contributed by atoms with Crippen LogP contribution in [0.4, 0.5) is 0 Å². The number of likely N-dealkylation sites (N-methyl/N-ethyl adjacent to an activating group) is 1. The van der Waals surface area contributed by atoms with Gasteiger partial charge in [-0.15, -0.1) is 0 Å². The molecule has 0 fully saturated rings. The molecule has 1 nitrogen and oxygen atoms in total. The van der Waals surface area contributed by atoms with Gasteiger partial charge in [0.05, 0.1) is 0 Å². The highest BCUT2D eigenvalue weighted by molar-refractivity contribution is 5.36. The van der Waals surface area contributed by atoms with Crippen LogP contribution in [0.15, 0.2) is 24.3 Å². The first-order valence-electron chi connectivity index (χ1n) is 8.03. The van der Waals surface area contributed by atoms with E-state index in [-0.39, 0.29) is 0 Å². The quantitative estimate of drug-likeness (QED) is 0.759. The predicted molar refractivity (Wildman–Crippen MR) is 83.7 cm³/mol. The molecule has 2 rings (SSSR count). The molecule has 0 saturated heterocycles. The van der Waals surface area contributed by atoms with Gasteiger partial charge in [-0.3, -0.25) is 0 Å². The Morgan fingerprint density at radius 2 is 2.00 bits per heavy atom. The molecule has 2 atom stereocenters. The highest BCUT2D eigenvalue weighted by Gasteiger charge is 2.28. The number of rotatable bonds is 7. The molecule has 1 heteroatoms. The number of nitrogens with one attached hydrogen (secondary N) is 1. The normalized spacial score (nSPS) is 19.7. The SMILES string of the molecule is CCNC(CCCC(C)C)C1CCc2ccccc21. The van der Waals surface area contributed by atoms with Crippen LogP contribution in [-0.2, 0) is 6.42 Å². The van der Waals surface area contributed by atoms with E-state index in [9.17, 15) is 0 Å². The Hall–Kier alpha value is -0.820. The first-order chi connectivity index (χ1) is 9.22. The van der Waals surface area contributed by atoms with Crippen LogP contribution in [0.25, 0.3) is 0 Å². The Labute approximate surface area is 118 Å². The fraction of sp³-hybridized carbons (Fsp3) is 0.667. The zero-order chi connectivity index (χ0) is 13.7. The molecule has 0 aromatic heterocycles. The lowest BCUT2D eigenvalue weighted by atomic mass is 9.89. The Bertz CT molecular complexity index is 383. The van der Waals surface area contributed by atoms with Crippen molar-refractivity contribution < 1.29 is 0 Å². The number of benzene rings is 1. The van der Waals surface area contributed by atoms with Gasteiger partial charge in [0.15, 0.2) is 0 Å². The Balaban J connectivity index is 1.99. The molecule has 0 amide bonds. The zero-order valence-electron chi connectivity index (χ0n) is 12.8. The lowest BCUT2D eigenvalue weighted by molar-refractivity contribution is 0.387. The summed E-state index contributed by atoms with van der Waals surface area (Å²) in [6.45, 7) is 7.97. The van der Waals surface area contributed by atoms with Crippen molar-refractivity contribution in [2.45, 2.75) is 64.8 Å². The molecule has 2 unspecified atom stereocenters. The molecule has 1 aliphatic carbocycles. The average Bonchev–Trinajstić information content (AvgIpc) is 2.81. The molecule has 1 aliphatic rings. The fourth-order valence-electron chi connectivity index (χ4n) is 3.46. The second-order valence-corrected chi connectivity index (χ2v) is 6.33. The van der Waals surface area contributed by atoms with Crippen LogP contribution in [0, 0.1) is 5.92 Å². The number of hydrogen-bond donors (Lipinski definition) is 1. The van der Waals surface area contributed by atoms with E-state index >= 15 is 0 Å². The standard InChI is InChI=1S/C18H29N/c1-4-19-18(11-7-8-14(2)3)17-13-12-15-9-5-6-10-16(15)17/h5-6,9-10,14,17-19H,4,7-8,11-13H2,1-3H3. The summed E-state index contributed by atoms with van der Waals surface area (Å²) >= 11 is 0. The minimum absolute atomic E-state index is 0.674. The summed E-state index contributed by atoms with van der Waals surface area (Å²) in [4.78, 5) is 0. The van der Waals surface area contributed by atoms with Gasteiger partial charge in [-0.1, -0.05) is 57.9 Å². The molecule has 0 heterocycles. The highest BCUT2D eigenvalue weighted by Crippen LogP contribution is 2.36. The third-order valence-electron chi connectivity index (χ3n) is 4.43. The largest absolute Gasteiger partial charge is 0.314 e. The van der Waals surface area contributed by atoms with Crippen molar-refractivity contribution in [2.24, 2.45) is 5.92 Å². The second kappa shape index (κ2) is 7.09. The van der Waals surface area contributed by atoms with Crippen molar-refractivity contribution >= 4 is 0 Å². The van der Waals surface area contributed by atoms with Crippen LogP contribution in [0.2, 0.25) is 0 Å². The first-order valence-corrected chi connectivity index (χ1v) is 8.03. The molecule has 1 aromatic rings. The van der Waals surface area contributed by atoms with Crippen LogP contribution in [0.1, 0.15) is 63.5 Å². The van der Waals surface area contributed by atoms with Crippen LogP contribution in [0.3, 0.4) is 0 Å². The molecule has 0 spiro atoms. The number of aryl methyl sites for hydroxylation is 1. The van der Waals surface area contributed by atoms with Gasteiger partial charge >= 0.3 is 0 Å². The third kappa shape index (κ3) is 3.82. The minimum Gasteiger partial charge on any atom is -0.314 e. The van der Waals surface area contributed by atoms with Crippen LogP contribution >= 0.6 is 0 Å². The molecule has 0 bridgehead atoms. The smallest absolute Gasteiger partial charge is 0.0136 e. The molecule has 0 aliphatic heterocycles. The highest BCUT2D eigenvalue weighted by atomic mass is 14.9. The number of hydrogen-bond acceptors (Lipinski definition) is 1. The van der Waals surface area contributed by atoms with Crippen LogP contribution < -0.4 is 5.32 Å². The van der Waals surface area contributed by atoms with Crippen molar-refractivity contribution in [3.63, 3.8) is 0 Å². The van der Waals surface area contributed by atoms with Crippen LogP contribution in [-0.4, -0.2) is 12.6 Å². The van der Waals surface area contributed by atoms with Crippen molar-refractivity contribution in [1.29, 1.82) is 0 Å². The van der Waals surface area contributed by atoms with Crippen molar-refractivity contribution in [2.75, 3.05) is 6.54 Å². The second-order valence-electron chi connectivity index (χ2n) is 6.33. The van der Waals surface area contributed by atoms with Gasteiger partial charge in [-0.25, -0.2) is 0 Å². The summed E-state index contributed by atoms with van der Waals surface area (Å²) < 4.78 is 0. The molecule has 0 radical (unpaired) electrons. The monoisotopic (exact) mass is 259 g/mol. The van der Waals surface area contributed by atoms with Gasteiger partial charge in [0.2, 0.25) is 0 Å². The summed E-state index contributed by atoms with van der Waals surface area (Å²) in [5, 5.41) is 3.74. The van der Waals surface area contributed by atoms with E-state index in [0.29, 0.717) is 6.04 Å². The third-order valence-corrected chi connectivity index (χ3v) is 4.43. The maximum absolute atomic E-state index is 3.74. The Kier molecular flexibility index (Phi) is 5.45. The van der Waals surface area contributed by atoms with Crippen molar-refractivity contribution in [3.8, 4) is 0 Å². The van der Waals surface area contributed by atoms with E-state index in [4.69, 9.17) is 0 Å². The van der Waals surface area contributed by atoms with Gasteiger partial charge in [0.1, 0.15) is 0 Å². The zero-order valence-corrected chi connectivity index (χ0v) is 12.8. The van der Waals surface area contributed by atoms with E-state index in [1.165, 1.54) is 32.1 Å². The molecule has 106 valence electrons. The maximum Gasteiger partial charge on any atom is 0.0136 e. The summed E-state index contributed by atoms with van der Waals surface area (Å²) in [5.41, 5.74) is 3.19. The summed E-state index contributed by atoms with van der Waals surface area (Å²) in [7, 11) is 0. The van der Waals surface area contributed by atoms with Gasteiger partial charge in [0, 0.05) is 6.04 Å². The van der Waals surface area contributed by atoms with Gasteiger partial charge in [-0.2, -0.15) is 0 Å². The van der Waals surface area contributed by atoms with Crippen LogP contribution in [0.5, 0.6) is 0 Å². The molecule has 19 heavy (non-hydrogen) atoms. The fourth-order valence-corrected chi connectivity index (χ4v) is 3.46. The predicted octanol–water partition coefficient (Wildman–Crippen LogP) is 4.52. The van der Waals surface area contributed by atoms with Gasteiger partial charge in [-0.05, 0) is 48.8 Å². The lowest BCUT2D eigenvalue weighted by Crippen LogP contribution is -2.34. The van der Waals surface area contributed by atoms with Gasteiger partial charge < -0.3 is 5.32 Å². The average molecular weight is 259 g/mol. The number of fused-ring (bicyclic) bond motifs is 1.